The zero-order valence-corrected chi connectivity index (χ0v) is 14.9. The van der Waals surface area contributed by atoms with Gasteiger partial charge in [0.05, 0.1) is 11.7 Å². The number of hydrogen-bond acceptors (Lipinski definition) is 5. The number of fused-ring (bicyclic) bond motifs is 1. The van der Waals surface area contributed by atoms with Crippen LogP contribution in [-0.2, 0) is 0 Å². The van der Waals surface area contributed by atoms with Gasteiger partial charge in [-0.2, -0.15) is 0 Å². The van der Waals surface area contributed by atoms with Crippen LogP contribution in [0.15, 0.2) is 24.4 Å². The summed E-state index contributed by atoms with van der Waals surface area (Å²) in [5.74, 6) is 0.960. The van der Waals surface area contributed by atoms with Gasteiger partial charge in [-0.25, -0.2) is 4.98 Å². The first-order valence-corrected chi connectivity index (χ1v) is 8.72. The molecule has 3 N–H and O–H groups in total. The first-order chi connectivity index (χ1) is 12.0. The van der Waals surface area contributed by atoms with E-state index in [2.05, 4.69) is 17.2 Å². The van der Waals surface area contributed by atoms with E-state index >= 15 is 0 Å². The van der Waals surface area contributed by atoms with Gasteiger partial charge in [-0.15, -0.1) is 0 Å². The lowest BCUT2D eigenvalue weighted by atomic mass is 9.97. The van der Waals surface area contributed by atoms with Gasteiger partial charge in [-0.1, -0.05) is 6.92 Å². The molecule has 1 aromatic heterocycles. The van der Waals surface area contributed by atoms with Crippen molar-refractivity contribution in [3.63, 3.8) is 0 Å². The summed E-state index contributed by atoms with van der Waals surface area (Å²) in [4.78, 5) is 16.2. The van der Waals surface area contributed by atoms with Gasteiger partial charge < -0.3 is 20.5 Å². The van der Waals surface area contributed by atoms with E-state index in [1.165, 1.54) is 0 Å². The molecule has 1 saturated heterocycles. The van der Waals surface area contributed by atoms with Gasteiger partial charge >= 0.3 is 0 Å². The van der Waals surface area contributed by atoms with Gasteiger partial charge in [-0.3, -0.25) is 4.79 Å². The zero-order valence-electron chi connectivity index (χ0n) is 14.9. The standard InChI is InChI=1S/C19H25N3O3/c1-11(2)24-16-9-14-13(8-15(16)18(20)23)5-7-22-19(14)25-17-10-21-6-4-12(17)3/h5,7-9,11-12,17,21H,4,6,10H2,1-3H3,(H2,20,23)/t12-,17-/m0/s1. The van der Waals surface area contributed by atoms with Gasteiger partial charge in [-0.05, 0) is 56.3 Å². The summed E-state index contributed by atoms with van der Waals surface area (Å²) in [6.45, 7) is 7.82. The Bertz CT molecular complexity index is 776. The number of piperidine rings is 1. The third-order valence-corrected chi connectivity index (χ3v) is 4.48. The number of hydrogen-bond donors (Lipinski definition) is 2. The summed E-state index contributed by atoms with van der Waals surface area (Å²) >= 11 is 0. The Morgan fingerprint density at radius 3 is 2.88 bits per heavy atom. The van der Waals surface area contributed by atoms with Gasteiger partial charge in [0.1, 0.15) is 11.9 Å². The van der Waals surface area contributed by atoms with Crippen molar-refractivity contribution >= 4 is 16.7 Å². The largest absolute Gasteiger partial charge is 0.490 e. The number of ether oxygens (including phenoxy) is 2. The molecule has 0 bridgehead atoms. The van der Waals surface area contributed by atoms with Crippen LogP contribution in [0, 0.1) is 5.92 Å². The van der Waals surface area contributed by atoms with Crippen LogP contribution in [0.1, 0.15) is 37.6 Å². The molecule has 2 heterocycles. The van der Waals surface area contributed by atoms with Crippen LogP contribution < -0.4 is 20.5 Å². The molecule has 25 heavy (non-hydrogen) atoms. The van der Waals surface area contributed by atoms with Crippen molar-refractivity contribution in [2.24, 2.45) is 11.7 Å². The second-order valence-corrected chi connectivity index (χ2v) is 6.84. The summed E-state index contributed by atoms with van der Waals surface area (Å²) in [6, 6.07) is 5.39. The lowest BCUT2D eigenvalue weighted by molar-refractivity contribution is 0.0994. The van der Waals surface area contributed by atoms with Crippen molar-refractivity contribution < 1.29 is 14.3 Å². The highest BCUT2D eigenvalue weighted by Crippen LogP contribution is 2.32. The average Bonchev–Trinajstić information content (AvgIpc) is 2.56. The Labute approximate surface area is 147 Å². The average molecular weight is 343 g/mol. The maximum absolute atomic E-state index is 11.8. The minimum Gasteiger partial charge on any atom is -0.490 e. The number of nitrogens with zero attached hydrogens (tertiary/aromatic N) is 1. The molecule has 2 atom stereocenters. The second kappa shape index (κ2) is 7.27. The van der Waals surface area contributed by atoms with E-state index in [0.29, 0.717) is 23.1 Å². The molecule has 3 rings (SSSR count). The predicted molar refractivity (Wildman–Crippen MR) is 97.1 cm³/mol. The first kappa shape index (κ1) is 17.5. The third kappa shape index (κ3) is 3.85. The van der Waals surface area contributed by atoms with Crippen LogP contribution in [0.2, 0.25) is 0 Å². The molecule has 134 valence electrons. The third-order valence-electron chi connectivity index (χ3n) is 4.48. The monoisotopic (exact) mass is 343 g/mol. The Kier molecular flexibility index (Phi) is 5.08. The molecular weight excluding hydrogens is 318 g/mol. The molecule has 0 unspecified atom stereocenters. The van der Waals surface area contributed by atoms with Crippen LogP contribution in [0.4, 0.5) is 0 Å². The predicted octanol–water partition coefficient (Wildman–Crippen LogP) is 2.50. The van der Waals surface area contributed by atoms with Gasteiger partial charge in [0.15, 0.2) is 0 Å². The van der Waals surface area contributed by atoms with Gasteiger partial charge in [0, 0.05) is 18.1 Å². The van der Waals surface area contributed by atoms with E-state index in [9.17, 15) is 4.79 Å². The molecule has 1 aliphatic rings. The molecule has 1 aliphatic heterocycles. The van der Waals surface area contributed by atoms with E-state index in [1.807, 2.05) is 19.9 Å². The van der Waals surface area contributed by atoms with Crippen molar-refractivity contribution in [2.45, 2.75) is 39.4 Å². The van der Waals surface area contributed by atoms with Gasteiger partial charge in [0.25, 0.3) is 5.91 Å². The molecule has 1 aromatic carbocycles. The van der Waals surface area contributed by atoms with Crippen molar-refractivity contribution in [3.05, 3.63) is 30.0 Å². The zero-order chi connectivity index (χ0) is 18.0. The Balaban J connectivity index is 2.02. The highest BCUT2D eigenvalue weighted by atomic mass is 16.5. The van der Waals surface area contributed by atoms with E-state index in [0.717, 1.165) is 30.3 Å². The van der Waals surface area contributed by atoms with Gasteiger partial charge in [0.2, 0.25) is 5.88 Å². The summed E-state index contributed by atoms with van der Waals surface area (Å²) < 4.78 is 12.0. The van der Waals surface area contributed by atoms with Crippen molar-refractivity contribution in [2.75, 3.05) is 13.1 Å². The van der Waals surface area contributed by atoms with E-state index in [-0.39, 0.29) is 12.2 Å². The maximum atomic E-state index is 11.8. The number of rotatable bonds is 5. The highest BCUT2D eigenvalue weighted by molar-refractivity contribution is 6.01. The summed E-state index contributed by atoms with van der Waals surface area (Å²) in [5, 5.41) is 5.03. The van der Waals surface area contributed by atoms with E-state index in [1.54, 1.807) is 18.3 Å². The highest BCUT2D eigenvalue weighted by Gasteiger charge is 2.24. The Morgan fingerprint density at radius 2 is 2.20 bits per heavy atom. The minimum atomic E-state index is -0.512. The van der Waals surface area contributed by atoms with Crippen molar-refractivity contribution in [1.82, 2.24) is 10.3 Å². The fraction of sp³-hybridized carbons (Fsp3) is 0.474. The van der Waals surface area contributed by atoms with Crippen LogP contribution in [0.5, 0.6) is 11.6 Å². The smallest absolute Gasteiger partial charge is 0.252 e. The topological polar surface area (TPSA) is 86.5 Å². The van der Waals surface area contributed by atoms with Crippen molar-refractivity contribution in [3.8, 4) is 11.6 Å². The number of amides is 1. The van der Waals surface area contributed by atoms with Crippen LogP contribution in [0.3, 0.4) is 0 Å². The number of aromatic nitrogens is 1. The normalized spacial score (nSPS) is 20.6. The molecule has 6 heteroatoms. The SMILES string of the molecule is CC(C)Oc1cc2c(O[C@H]3CNCC[C@@H]3C)nccc2cc1C(N)=O. The maximum Gasteiger partial charge on any atom is 0.252 e. The quantitative estimate of drug-likeness (QED) is 0.871. The fourth-order valence-corrected chi connectivity index (χ4v) is 3.07. The molecule has 0 spiro atoms. The van der Waals surface area contributed by atoms with Crippen molar-refractivity contribution in [1.29, 1.82) is 0 Å². The second-order valence-electron chi connectivity index (χ2n) is 6.84. The molecule has 0 aliphatic carbocycles. The molecular formula is C19H25N3O3. The number of carbonyl (C=O) groups excluding carboxylic acids is 1. The molecule has 2 aromatic rings. The number of nitrogens with one attached hydrogen (secondary N) is 1. The Morgan fingerprint density at radius 1 is 1.40 bits per heavy atom. The fourth-order valence-electron chi connectivity index (χ4n) is 3.07. The molecule has 1 fully saturated rings. The number of benzene rings is 1. The first-order valence-electron chi connectivity index (χ1n) is 8.72. The number of primary amides is 1. The Hall–Kier alpha value is -2.34. The lowest BCUT2D eigenvalue weighted by Gasteiger charge is -2.30. The summed E-state index contributed by atoms with van der Waals surface area (Å²) in [5.41, 5.74) is 5.88. The summed E-state index contributed by atoms with van der Waals surface area (Å²) in [6.07, 6.45) is 2.76. The van der Waals surface area contributed by atoms with E-state index in [4.69, 9.17) is 15.2 Å². The number of pyridine rings is 1. The molecule has 1 amide bonds. The van der Waals surface area contributed by atoms with Crippen LogP contribution in [0.25, 0.3) is 10.8 Å². The van der Waals surface area contributed by atoms with Crippen LogP contribution >= 0.6 is 0 Å². The molecule has 0 radical (unpaired) electrons. The van der Waals surface area contributed by atoms with Crippen LogP contribution in [-0.4, -0.2) is 36.2 Å². The minimum absolute atomic E-state index is 0.0668. The number of carbonyl (C=O) groups is 1. The summed E-state index contributed by atoms with van der Waals surface area (Å²) in [7, 11) is 0. The molecule has 6 nitrogen and oxygen atoms in total. The lowest BCUT2D eigenvalue weighted by Crippen LogP contribution is -2.43. The van der Waals surface area contributed by atoms with E-state index < -0.39 is 5.91 Å². The number of nitrogens with two attached hydrogens (primary N) is 1. The molecule has 0 saturated carbocycles.